The molecular formula is C16H17N3. The van der Waals surface area contributed by atoms with Crippen LogP contribution < -0.4 is 5.73 Å². The quantitative estimate of drug-likeness (QED) is 0.751. The molecule has 2 aromatic carbocycles. The molecule has 3 heteroatoms. The van der Waals surface area contributed by atoms with Crippen LogP contribution in [0.1, 0.15) is 29.9 Å². The Balaban J connectivity index is 1.93. The number of hydrogen-bond donors (Lipinski definition) is 2. The van der Waals surface area contributed by atoms with Crippen LogP contribution in [0, 0.1) is 0 Å². The monoisotopic (exact) mass is 251 g/mol. The summed E-state index contributed by atoms with van der Waals surface area (Å²) >= 11 is 0. The van der Waals surface area contributed by atoms with E-state index in [0.717, 1.165) is 28.8 Å². The Morgan fingerprint density at radius 2 is 1.95 bits per heavy atom. The summed E-state index contributed by atoms with van der Waals surface area (Å²) in [7, 11) is 0. The molecule has 0 saturated carbocycles. The van der Waals surface area contributed by atoms with Crippen molar-refractivity contribution >= 4 is 11.0 Å². The van der Waals surface area contributed by atoms with Crippen molar-refractivity contribution < 1.29 is 0 Å². The summed E-state index contributed by atoms with van der Waals surface area (Å²) in [5.74, 6) is 0.989. The maximum absolute atomic E-state index is 5.90. The Labute approximate surface area is 112 Å². The first kappa shape index (κ1) is 11.9. The van der Waals surface area contributed by atoms with Crippen molar-refractivity contribution in [2.24, 2.45) is 5.73 Å². The number of imidazole rings is 1. The van der Waals surface area contributed by atoms with E-state index in [-0.39, 0.29) is 6.04 Å². The lowest BCUT2D eigenvalue weighted by Gasteiger charge is -2.03. The highest BCUT2D eigenvalue weighted by atomic mass is 14.9. The number of nitrogens with zero attached hydrogens (tertiary/aromatic N) is 1. The maximum atomic E-state index is 5.90. The predicted molar refractivity (Wildman–Crippen MR) is 77.9 cm³/mol. The lowest BCUT2D eigenvalue weighted by Crippen LogP contribution is -2.04. The second-order valence-corrected chi connectivity index (χ2v) is 4.91. The van der Waals surface area contributed by atoms with Crippen molar-refractivity contribution in [2.45, 2.75) is 19.4 Å². The van der Waals surface area contributed by atoms with Crippen LogP contribution in [-0.4, -0.2) is 9.97 Å². The van der Waals surface area contributed by atoms with E-state index >= 15 is 0 Å². The summed E-state index contributed by atoms with van der Waals surface area (Å²) in [6, 6.07) is 16.5. The Morgan fingerprint density at radius 1 is 1.16 bits per heavy atom. The molecule has 96 valence electrons. The number of nitrogens with two attached hydrogens (primary N) is 1. The van der Waals surface area contributed by atoms with Gasteiger partial charge < -0.3 is 10.7 Å². The molecule has 0 saturated heterocycles. The average molecular weight is 251 g/mol. The van der Waals surface area contributed by atoms with E-state index in [1.54, 1.807) is 0 Å². The van der Waals surface area contributed by atoms with Crippen molar-refractivity contribution in [1.82, 2.24) is 9.97 Å². The first-order chi connectivity index (χ1) is 9.22. The van der Waals surface area contributed by atoms with E-state index in [2.05, 4.69) is 28.2 Å². The van der Waals surface area contributed by atoms with Crippen LogP contribution in [0.15, 0.2) is 48.5 Å². The highest BCUT2D eigenvalue weighted by Crippen LogP contribution is 2.18. The van der Waals surface area contributed by atoms with E-state index in [1.807, 2.05) is 37.3 Å². The number of H-pyrrole nitrogens is 1. The van der Waals surface area contributed by atoms with E-state index in [9.17, 15) is 0 Å². The molecule has 3 aromatic rings. The van der Waals surface area contributed by atoms with Crippen molar-refractivity contribution in [1.29, 1.82) is 0 Å². The molecule has 0 spiro atoms. The molecule has 0 aliphatic heterocycles. The van der Waals surface area contributed by atoms with Crippen LogP contribution in [0.25, 0.3) is 11.0 Å². The Morgan fingerprint density at radius 3 is 2.68 bits per heavy atom. The van der Waals surface area contributed by atoms with Gasteiger partial charge in [-0.25, -0.2) is 4.98 Å². The predicted octanol–water partition coefficient (Wildman–Crippen LogP) is 3.17. The summed E-state index contributed by atoms with van der Waals surface area (Å²) < 4.78 is 0. The summed E-state index contributed by atoms with van der Waals surface area (Å²) in [5, 5.41) is 0. The van der Waals surface area contributed by atoms with Gasteiger partial charge in [-0.1, -0.05) is 36.4 Å². The van der Waals surface area contributed by atoms with Crippen LogP contribution in [0.5, 0.6) is 0 Å². The molecule has 3 rings (SSSR count). The summed E-state index contributed by atoms with van der Waals surface area (Å²) in [4.78, 5) is 7.98. The number of benzene rings is 2. The van der Waals surface area contributed by atoms with Crippen molar-refractivity contribution in [3.05, 3.63) is 65.5 Å². The van der Waals surface area contributed by atoms with Crippen molar-refractivity contribution in [3.63, 3.8) is 0 Å². The highest BCUT2D eigenvalue weighted by molar-refractivity contribution is 5.76. The van der Waals surface area contributed by atoms with Gasteiger partial charge in [0.25, 0.3) is 0 Å². The second-order valence-electron chi connectivity index (χ2n) is 4.91. The van der Waals surface area contributed by atoms with Gasteiger partial charge in [0.05, 0.1) is 11.0 Å². The van der Waals surface area contributed by atoms with Gasteiger partial charge in [-0.2, -0.15) is 0 Å². The van der Waals surface area contributed by atoms with E-state index in [1.165, 1.54) is 5.56 Å². The molecule has 1 aromatic heterocycles. The third kappa shape index (κ3) is 2.51. The Kier molecular flexibility index (Phi) is 3.05. The van der Waals surface area contributed by atoms with Crippen LogP contribution in [0.2, 0.25) is 0 Å². The summed E-state index contributed by atoms with van der Waals surface area (Å²) in [5.41, 5.74) is 10.3. The number of nitrogens with one attached hydrogen (secondary N) is 1. The van der Waals surface area contributed by atoms with Gasteiger partial charge in [0, 0.05) is 12.5 Å². The molecule has 19 heavy (non-hydrogen) atoms. The number of aromatic nitrogens is 2. The largest absolute Gasteiger partial charge is 0.342 e. The van der Waals surface area contributed by atoms with Gasteiger partial charge in [-0.15, -0.1) is 0 Å². The fourth-order valence-electron chi connectivity index (χ4n) is 2.24. The topological polar surface area (TPSA) is 54.7 Å². The molecule has 0 fully saturated rings. The lowest BCUT2D eigenvalue weighted by molar-refractivity contribution is 0.819. The molecule has 0 amide bonds. The minimum absolute atomic E-state index is 0.0465. The zero-order valence-electron chi connectivity index (χ0n) is 10.9. The molecule has 0 aliphatic rings. The van der Waals surface area contributed by atoms with E-state index in [4.69, 9.17) is 5.73 Å². The SMILES string of the molecule is CC(N)c1ccc2nc(Cc3ccccc3)[nH]c2c1. The molecule has 1 atom stereocenters. The third-order valence-electron chi connectivity index (χ3n) is 3.30. The Bertz CT molecular complexity index is 684. The minimum Gasteiger partial charge on any atom is -0.342 e. The number of rotatable bonds is 3. The fraction of sp³-hybridized carbons (Fsp3) is 0.188. The van der Waals surface area contributed by atoms with Gasteiger partial charge in [-0.05, 0) is 30.2 Å². The first-order valence-electron chi connectivity index (χ1n) is 6.50. The van der Waals surface area contributed by atoms with Gasteiger partial charge in [0.15, 0.2) is 0 Å². The lowest BCUT2D eigenvalue weighted by atomic mass is 10.1. The molecule has 1 unspecified atom stereocenters. The maximum Gasteiger partial charge on any atom is 0.111 e. The van der Waals surface area contributed by atoms with Crippen LogP contribution in [0.3, 0.4) is 0 Å². The van der Waals surface area contributed by atoms with Gasteiger partial charge >= 0.3 is 0 Å². The summed E-state index contributed by atoms with van der Waals surface area (Å²) in [6.07, 6.45) is 0.822. The first-order valence-corrected chi connectivity index (χ1v) is 6.50. The van der Waals surface area contributed by atoms with Crippen LogP contribution in [-0.2, 0) is 6.42 Å². The van der Waals surface area contributed by atoms with E-state index in [0.29, 0.717) is 0 Å². The average Bonchev–Trinajstić information content (AvgIpc) is 2.80. The van der Waals surface area contributed by atoms with Gasteiger partial charge in [-0.3, -0.25) is 0 Å². The van der Waals surface area contributed by atoms with Crippen LogP contribution in [0.4, 0.5) is 0 Å². The zero-order valence-corrected chi connectivity index (χ0v) is 10.9. The number of aromatic amines is 1. The normalized spacial score (nSPS) is 12.7. The smallest absolute Gasteiger partial charge is 0.111 e. The van der Waals surface area contributed by atoms with Crippen molar-refractivity contribution in [2.75, 3.05) is 0 Å². The molecule has 1 heterocycles. The van der Waals surface area contributed by atoms with Crippen molar-refractivity contribution in [3.8, 4) is 0 Å². The molecule has 0 radical (unpaired) electrons. The standard InChI is InChI=1S/C16H17N3/c1-11(17)13-7-8-14-15(10-13)19-16(18-14)9-12-5-3-2-4-6-12/h2-8,10-11H,9,17H2,1H3,(H,18,19). The molecule has 3 N–H and O–H groups in total. The van der Waals surface area contributed by atoms with Gasteiger partial charge in [0.2, 0.25) is 0 Å². The van der Waals surface area contributed by atoms with E-state index < -0.39 is 0 Å². The van der Waals surface area contributed by atoms with Gasteiger partial charge in [0.1, 0.15) is 5.82 Å². The zero-order chi connectivity index (χ0) is 13.2. The molecular weight excluding hydrogens is 234 g/mol. The minimum atomic E-state index is 0.0465. The second kappa shape index (κ2) is 4.86. The molecule has 0 aliphatic carbocycles. The molecule has 3 nitrogen and oxygen atoms in total. The summed E-state index contributed by atoms with van der Waals surface area (Å²) in [6.45, 7) is 1.99. The number of hydrogen-bond acceptors (Lipinski definition) is 2. The Hall–Kier alpha value is -2.13. The molecule has 0 bridgehead atoms. The van der Waals surface area contributed by atoms with Crippen LogP contribution >= 0.6 is 0 Å². The highest BCUT2D eigenvalue weighted by Gasteiger charge is 2.06. The fourth-order valence-corrected chi connectivity index (χ4v) is 2.24. The number of fused-ring (bicyclic) bond motifs is 1. The third-order valence-corrected chi connectivity index (χ3v) is 3.30.